The minimum absolute atomic E-state index is 0.0480. The van der Waals surface area contributed by atoms with Crippen molar-refractivity contribution in [2.75, 3.05) is 33.3 Å². The van der Waals surface area contributed by atoms with Crippen molar-refractivity contribution in [2.24, 2.45) is 0 Å². The number of hydrogen-bond donors (Lipinski definition) is 1. The molecule has 0 saturated heterocycles. The first kappa shape index (κ1) is 16.7. The van der Waals surface area contributed by atoms with E-state index in [0.29, 0.717) is 13.2 Å². The van der Waals surface area contributed by atoms with E-state index in [4.69, 9.17) is 4.74 Å². The normalized spacial score (nSPS) is 14.8. The summed E-state index contributed by atoms with van der Waals surface area (Å²) in [7, 11) is 1.74. The van der Waals surface area contributed by atoms with Gasteiger partial charge in [0.25, 0.3) is 0 Å². The van der Waals surface area contributed by atoms with Crippen molar-refractivity contribution in [3.63, 3.8) is 0 Å². The Bertz CT molecular complexity index is 353. The zero-order valence-corrected chi connectivity index (χ0v) is 12.6. The van der Waals surface area contributed by atoms with E-state index in [1.165, 1.54) is 31.3 Å². The molecule has 1 aliphatic rings. The molecule has 0 bridgehead atoms. The molecule has 0 atom stereocenters. The molecule has 114 valence electrons. The van der Waals surface area contributed by atoms with Gasteiger partial charge in [0.15, 0.2) is 0 Å². The van der Waals surface area contributed by atoms with E-state index in [9.17, 15) is 9.59 Å². The lowest BCUT2D eigenvalue weighted by atomic mass is 9.97. The Hall–Kier alpha value is -1.36. The third-order valence-corrected chi connectivity index (χ3v) is 3.27. The van der Waals surface area contributed by atoms with Gasteiger partial charge in [0.1, 0.15) is 0 Å². The first-order chi connectivity index (χ1) is 9.61. The van der Waals surface area contributed by atoms with Gasteiger partial charge in [-0.15, -0.1) is 0 Å². The quantitative estimate of drug-likeness (QED) is 0.541. The number of likely N-dealkylation sites (N-methyl/N-ethyl adjacent to an activating group) is 1. The van der Waals surface area contributed by atoms with Gasteiger partial charge >= 0.3 is 5.97 Å². The van der Waals surface area contributed by atoms with Crippen LogP contribution < -0.4 is 5.32 Å². The number of carbonyl (C=O) groups excluding carboxylic acids is 2. The largest absolute Gasteiger partial charge is 0.465 e. The molecule has 0 radical (unpaired) electrons. The molecule has 1 rings (SSSR count). The lowest BCUT2D eigenvalue weighted by molar-refractivity contribution is -0.144. The smallest absolute Gasteiger partial charge is 0.320 e. The zero-order valence-electron chi connectivity index (χ0n) is 12.6. The van der Waals surface area contributed by atoms with Crippen LogP contribution in [0.3, 0.4) is 0 Å². The minimum Gasteiger partial charge on any atom is -0.465 e. The number of amides is 1. The Morgan fingerprint density at radius 3 is 2.80 bits per heavy atom. The topological polar surface area (TPSA) is 58.6 Å². The molecule has 0 saturated carbocycles. The maximum Gasteiger partial charge on any atom is 0.320 e. The second-order valence-electron chi connectivity index (χ2n) is 5.19. The van der Waals surface area contributed by atoms with Crippen LogP contribution in [-0.4, -0.2) is 50.1 Å². The van der Waals surface area contributed by atoms with E-state index in [2.05, 4.69) is 11.4 Å². The van der Waals surface area contributed by atoms with Gasteiger partial charge in [0.05, 0.1) is 19.7 Å². The van der Waals surface area contributed by atoms with E-state index in [-0.39, 0.29) is 25.0 Å². The molecule has 0 aromatic carbocycles. The van der Waals surface area contributed by atoms with Gasteiger partial charge in [-0.05, 0) is 46.1 Å². The summed E-state index contributed by atoms with van der Waals surface area (Å²) in [5.41, 5.74) is 1.46. The molecule has 0 aliphatic heterocycles. The zero-order chi connectivity index (χ0) is 14.8. The highest BCUT2D eigenvalue weighted by atomic mass is 16.5. The Morgan fingerprint density at radius 1 is 1.35 bits per heavy atom. The summed E-state index contributed by atoms with van der Waals surface area (Å²) in [4.78, 5) is 24.6. The van der Waals surface area contributed by atoms with Gasteiger partial charge < -0.3 is 10.1 Å². The fourth-order valence-corrected chi connectivity index (χ4v) is 2.28. The number of esters is 1. The Balaban J connectivity index is 2.13. The summed E-state index contributed by atoms with van der Waals surface area (Å²) in [5, 5.41) is 2.89. The van der Waals surface area contributed by atoms with E-state index >= 15 is 0 Å². The molecule has 5 nitrogen and oxygen atoms in total. The molecule has 5 heteroatoms. The van der Waals surface area contributed by atoms with Crippen molar-refractivity contribution in [3.8, 4) is 0 Å². The van der Waals surface area contributed by atoms with Crippen LogP contribution >= 0.6 is 0 Å². The highest BCUT2D eigenvalue weighted by molar-refractivity contribution is 5.79. The molecule has 0 unspecified atom stereocenters. The van der Waals surface area contributed by atoms with Gasteiger partial charge in [-0.1, -0.05) is 11.6 Å². The van der Waals surface area contributed by atoms with E-state index in [1.54, 1.807) is 18.9 Å². The number of allylic oxidation sites excluding steroid dienone is 1. The maximum absolute atomic E-state index is 11.7. The van der Waals surface area contributed by atoms with Gasteiger partial charge in [0, 0.05) is 6.54 Å². The molecule has 0 heterocycles. The molecule has 1 amide bonds. The van der Waals surface area contributed by atoms with Crippen LogP contribution in [0.5, 0.6) is 0 Å². The summed E-state index contributed by atoms with van der Waals surface area (Å²) in [6.07, 6.45) is 8.12. The van der Waals surface area contributed by atoms with Crippen LogP contribution in [0.4, 0.5) is 0 Å². The van der Waals surface area contributed by atoms with Crippen LogP contribution in [0.15, 0.2) is 11.6 Å². The monoisotopic (exact) mass is 282 g/mol. The molecule has 0 aromatic heterocycles. The van der Waals surface area contributed by atoms with Gasteiger partial charge in [-0.2, -0.15) is 0 Å². The van der Waals surface area contributed by atoms with E-state index in [1.807, 2.05) is 0 Å². The predicted molar refractivity (Wildman–Crippen MR) is 78.3 cm³/mol. The third-order valence-electron chi connectivity index (χ3n) is 3.27. The molecule has 1 N–H and O–H groups in total. The number of carbonyl (C=O) groups is 2. The van der Waals surface area contributed by atoms with Crippen molar-refractivity contribution in [3.05, 3.63) is 11.6 Å². The van der Waals surface area contributed by atoms with Crippen molar-refractivity contribution >= 4 is 11.9 Å². The summed E-state index contributed by atoms with van der Waals surface area (Å²) < 4.78 is 4.83. The van der Waals surface area contributed by atoms with Crippen LogP contribution in [0, 0.1) is 0 Å². The predicted octanol–water partition coefficient (Wildman–Crippen LogP) is 1.49. The van der Waals surface area contributed by atoms with Crippen molar-refractivity contribution in [2.45, 2.75) is 39.0 Å². The number of nitrogens with zero attached hydrogens (tertiary/aromatic N) is 1. The summed E-state index contributed by atoms with van der Waals surface area (Å²) in [6.45, 7) is 3.18. The first-order valence-corrected chi connectivity index (χ1v) is 7.40. The minimum atomic E-state index is -0.296. The van der Waals surface area contributed by atoms with Crippen molar-refractivity contribution in [1.82, 2.24) is 10.2 Å². The van der Waals surface area contributed by atoms with Crippen LogP contribution in [0.1, 0.15) is 39.0 Å². The standard InChI is InChI=1S/C15H26N2O3/c1-3-20-15(19)12-17(2)11-14(18)16-10-9-13-7-5-4-6-8-13/h7H,3-6,8-12H2,1-2H3,(H,16,18). The Labute approximate surface area is 121 Å². The fraction of sp³-hybridized carbons (Fsp3) is 0.733. The van der Waals surface area contributed by atoms with Crippen LogP contribution in [0.25, 0.3) is 0 Å². The molecule has 1 aliphatic carbocycles. The second kappa shape index (κ2) is 9.53. The maximum atomic E-state index is 11.7. The SMILES string of the molecule is CCOC(=O)CN(C)CC(=O)NCCC1=CCCCC1. The Kier molecular flexibility index (Phi) is 7.95. The number of hydrogen-bond acceptors (Lipinski definition) is 4. The van der Waals surface area contributed by atoms with Gasteiger partial charge in [-0.25, -0.2) is 0 Å². The van der Waals surface area contributed by atoms with Crippen LogP contribution in [-0.2, 0) is 14.3 Å². The molecular weight excluding hydrogens is 256 g/mol. The lowest BCUT2D eigenvalue weighted by Gasteiger charge is -2.16. The van der Waals surface area contributed by atoms with E-state index in [0.717, 1.165) is 6.42 Å². The fourth-order valence-electron chi connectivity index (χ4n) is 2.28. The van der Waals surface area contributed by atoms with Gasteiger partial charge in [-0.3, -0.25) is 14.5 Å². The van der Waals surface area contributed by atoms with Crippen LogP contribution in [0.2, 0.25) is 0 Å². The molecule has 0 spiro atoms. The summed E-state index contributed by atoms with van der Waals surface area (Å²) in [6, 6.07) is 0. The molecular formula is C15H26N2O3. The number of rotatable bonds is 8. The highest BCUT2D eigenvalue weighted by Crippen LogP contribution is 2.19. The first-order valence-electron chi connectivity index (χ1n) is 7.40. The van der Waals surface area contributed by atoms with Crippen molar-refractivity contribution in [1.29, 1.82) is 0 Å². The Morgan fingerprint density at radius 2 is 2.15 bits per heavy atom. The third kappa shape index (κ3) is 7.28. The average molecular weight is 282 g/mol. The van der Waals surface area contributed by atoms with Gasteiger partial charge in [0.2, 0.25) is 5.91 Å². The highest BCUT2D eigenvalue weighted by Gasteiger charge is 2.11. The van der Waals surface area contributed by atoms with Crippen molar-refractivity contribution < 1.29 is 14.3 Å². The molecule has 0 fully saturated rings. The summed E-state index contributed by atoms with van der Waals surface area (Å²) >= 11 is 0. The summed E-state index contributed by atoms with van der Waals surface area (Å²) in [5.74, 6) is -0.344. The second-order valence-corrected chi connectivity index (χ2v) is 5.19. The number of nitrogens with one attached hydrogen (secondary N) is 1. The lowest BCUT2D eigenvalue weighted by Crippen LogP contribution is -2.38. The van der Waals surface area contributed by atoms with E-state index < -0.39 is 0 Å². The molecule has 0 aromatic rings. The number of ether oxygens (including phenoxy) is 1. The average Bonchev–Trinajstić information content (AvgIpc) is 2.39. The molecule has 20 heavy (non-hydrogen) atoms.